The smallest absolute Gasteiger partial charge is 0.317 e. The molecule has 0 spiro atoms. The van der Waals surface area contributed by atoms with Gasteiger partial charge in [-0.2, -0.15) is 5.10 Å². The zero-order valence-corrected chi connectivity index (χ0v) is 22.1. The summed E-state index contributed by atoms with van der Waals surface area (Å²) >= 11 is 1.38. The lowest BCUT2D eigenvalue weighted by Crippen LogP contribution is -2.39. The van der Waals surface area contributed by atoms with E-state index in [0.29, 0.717) is 49.8 Å². The second kappa shape index (κ2) is 11.8. The minimum Gasteiger partial charge on any atom is -0.381 e. The molecule has 0 atom stereocenters. The van der Waals surface area contributed by atoms with Crippen molar-refractivity contribution in [2.45, 2.75) is 44.6 Å². The van der Waals surface area contributed by atoms with Crippen LogP contribution in [0.25, 0.3) is 10.6 Å². The molecule has 0 aliphatic carbocycles. The Morgan fingerprint density at radius 3 is 2.76 bits per heavy atom. The molecule has 2 aliphatic heterocycles. The number of urea groups is 1. The molecule has 5 rings (SSSR count). The molecule has 12 heteroatoms. The minimum absolute atomic E-state index is 0.0954. The van der Waals surface area contributed by atoms with E-state index >= 15 is 0 Å². The average Bonchev–Trinajstić information content (AvgIpc) is 3.60. The Balaban J connectivity index is 1.47. The lowest BCUT2D eigenvalue weighted by Gasteiger charge is -2.22. The highest BCUT2D eigenvalue weighted by Gasteiger charge is 2.25. The number of nitrogens with zero attached hydrogens (tertiary/aromatic N) is 5. The normalized spacial score (nSPS) is 17.8. The highest BCUT2D eigenvalue weighted by atomic mass is 32.1. The molecule has 3 amide bonds. The van der Waals surface area contributed by atoms with E-state index in [9.17, 15) is 14.4 Å². The number of ketones is 1. The van der Waals surface area contributed by atoms with E-state index in [4.69, 9.17) is 4.74 Å². The number of hydrogen-bond acceptors (Lipinski definition) is 8. The van der Waals surface area contributed by atoms with Crippen molar-refractivity contribution < 1.29 is 19.1 Å². The Bertz CT molecular complexity index is 1310. The van der Waals surface area contributed by atoms with Crippen molar-refractivity contribution >= 4 is 34.7 Å². The predicted molar refractivity (Wildman–Crippen MR) is 143 cm³/mol. The number of aromatic nitrogens is 4. The van der Waals surface area contributed by atoms with E-state index in [-0.39, 0.29) is 35.7 Å². The Morgan fingerprint density at radius 1 is 1.18 bits per heavy atom. The fraction of sp³-hybridized carbons (Fsp3) is 0.462. The Morgan fingerprint density at radius 2 is 1.97 bits per heavy atom. The number of thiazole rings is 1. The first-order valence-corrected chi connectivity index (χ1v) is 13.8. The largest absolute Gasteiger partial charge is 0.381 e. The zero-order chi connectivity index (χ0) is 26.5. The first kappa shape index (κ1) is 26.0. The summed E-state index contributed by atoms with van der Waals surface area (Å²) in [5, 5.41) is 12.6. The molecule has 3 aromatic heterocycles. The fourth-order valence-corrected chi connectivity index (χ4v) is 5.54. The standard InChI is InChI=1S/C26H31N7O4S/c1-27-26(36)32-10-2-4-18-14-17(6-9-28-18)25-30-21(16-38-25)24(35)29-20-15-33(19-7-12-37-13-8-19)31-23(20)22(34)5-3-11-32/h6,9,14-16,19H,2-5,7-8,10-13H2,1H3,(H,27,36)(H,29,35). The van der Waals surface area contributed by atoms with Crippen molar-refractivity contribution in [3.8, 4) is 10.6 Å². The number of nitrogens with one attached hydrogen (secondary N) is 2. The van der Waals surface area contributed by atoms with E-state index in [1.54, 1.807) is 34.4 Å². The number of carbonyl (C=O) groups excluding carboxylic acids is 3. The van der Waals surface area contributed by atoms with Crippen LogP contribution in [0.15, 0.2) is 29.9 Å². The molecule has 0 aromatic carbocycles. The van der Waals surface area contributed by atoms with E-state index in [1.165, 1.54) is 11.3 Å². The minimum atomic E-state index is -0.394. The van der Waals surface area contributed by atoms with Gasteiger partial charge in [-0.25, -0.2) is 9.78 Å². The van der Waals surface area contributed by atoms with Gasteiger partial charge in [-0.05, 0) is 44.2 Å². The summed E-state index contributed by atoms with van der Waals surface area (Å²) < 4.78 is 7.24. The van der Waals surface area contributed by atoms with Crippen LogP contribution in [-0.2, 0) is 11.2 Å². The number of pyridine rings is 1. The van der Waals surface area contributed by atoms with Crippen molar-refractivity contribution in [3.63, 3.8) is 0 Å². The quantitative estimate of drug-likeness (QED) is 0.485. The molecule has 11 nitrogen and oxygen atoms in total. The molecule has 0 radical (unpaired) electrons. The summed E-state index contributed by atoms with van der Waals surface area (Å²) in [7, 11) is 1.60. The molecule has 3 aromatic rings. The van der Waals surface area contributed by atoms with Gasteiger partial charge in [0.1, 0.15) is 10.7 Å². The number of fused-ring (bicyclic) bond motifs is 6. The fourth-order valence-electron chi connectivity index (χ4n) is 4.74. The maximum atomic E-state index is 13.3. The van der Waals surface area contributed by atoms with E-state index in [1.807, 2.05) is 12.1 Å². The second-order valence-corrected chi connectivity index (χ2v) is 10.3. The van der Waals surface area contributed by atoms with Gasteiger partial charge >= 0.3 is 6.03 Å². The van der Waals surface area contributed by atoms with Crippen LogP contribution >= 0.6 is 11.3 Å². The van der Waals surface area contributed by atoms with Crippen LogP contribution in [0.5, 0.6) is 0 Å². The summed E-state index contributed by atoms with van der Waals surface area (Å²) in [5.74, 6) is -0.573. The van der Waals surface area contributed by atoms with Crippen LogP contribution in [0.2, 0.25) is 0 Å². The summed E-state index contributed by atoms with van der Waals surface area (Å²) in [5.41, 5.74) is 2.65. The van der Waals surface area contributed by atoms with Gasteiger partial charge in [0.05, 0.1) is 11.7 Å². The monoisotopic (exact) mass is 537 g/mol. The molecule has 5 heterocycles. The third-order valence-corrected chi connectivity index (χ3v) is 7.69. The van der Waals surface area contributed by atoms with Crippen LogP contribution in [-0.4, -0.2) is 75.7 Å². The maximum absolute atomic E-state index is 13.3. The van der Waals surface area contributed by atoms with Crippen LogP contribution in [0, 0.1) is 0 Å². The van der Waals surface area contributed by atoms with Gasteiger partial charge in [0.15, 0.2) is 11.5 Å². The Hall–Kier alpha value is -3.64. The molecule has 1 saturated heterocycles. The van der Waals surface area contributed by atoms with Crippen molar-refractivity contribution in [2.75, 3.05) is 38.7 Å². The van der Waals surface area contributed by atoms with Crippen molar-refractivity contribution in [1.29, 1.82) is 0 Å². The Labute approximate surface area is 224 Å². The number of hydrogen-bond donors (Lipinski definition) is 2. The summed E-state index contributed by atoms with van der Waals surface area (Å²) in [6, 6.07) is 3.76. The van der Waals surface area contributed by atoms with Gasteiger partial charge in [0, 0.05) is 68.8 Å². The molecular formula is C26H31N7O4S. The van der Waals surface area contributed by atoms with Gasteiger partial charge in [-0.15, -0.1) is 11.3 Å². The molecule has 0 unspecified atom stereocenters. The van der Waals surface area contributed by atoms with Crippen LogP contribution < -0.4 is 10.6 Å². The molecule has 2 aliphatic rings. The van der Waals surface area contributed by atoms with Crippen LogP contribution in [0.1, 0.15) is 64.8 Å². The van der Waals surface area contributed by atoms with E-state index in [0.717, 1.165) is 30.5 Å². The van der Waals surface area contributed by atoms with Gasteiger partial charge in [0.2, 0.25) is 0 Å². The summed E-state index contributed by atoms with van der Waals surface area (Å²) in [6.07, 6.45) is 7.13. The molecule has 2 N–H and O–H groups in total. The molecule has 0 saturated carbocycles. The molecular weight excluding hydrogens is 506 g/mol. The molecule has 4 bridgehead atoms. The Kier molecular flexibility index (Phi) is 8.08. The predicted octanol–water partition coefficient (Wildman–Crippen LogP) is 3.56. The second-order valence-electron chi connectivity index (χ2n) is 9.42. The first-order valence-electron chi connectivity index (χ1n) is 12.9. The number of anilines is 1. The van der Waals surface area contributed by atoms with Crippen LogP contribution in [0.4, 0.5) is 10.5 Å². The number of Topliss-reactive ketones (excluding diaryl/α,β-unsaturated/α-hetero) is 1. The molecule has 38 heavy (non-hydrogen) atoms. The van der Waals surface area contributed by atoms with Crippen LogP contribution in [0.3, 0.4) is 0 Å². The number of carbonyl (C=O) groups is 3. The lowest BCUT2D eigenvalue weighted by atomic mass is 10.1. The topological polar surface area (TPSA) is 131 Å². The van der Waals surface area contributed by atoms with Gasteiger partial charge in [-0.1, -0.05) is 0 Å². The number of ether oxygens (including phenoxy) is 1. The van der Waals surface area contributed by atoms with E-state index < -0.39 is 5.91 Å². The highest BCUT2D eigenvalue weighted by molar-refractivity contribution is 7.13. The SMILES string of the molecule is CNC(=O)N1CCCC(=O)c2nn(C3CCOCC3)cc2NC(=O)c2csc(n2)-c2ccnc(c2)CCC1. The zero-order valence-electron chi connectivity index (χ0n) is 21.3. The summed E-state index contributed by atoms with van der Waals surface area (Å²) in [6.45, 7) is 2.23. The maximum Gasteiger partial charge on any atom is 0.317 e. The van der Waals surface area contributed by atoms with Gasteiger partial charge in [0.25, 0.3) is 5.91 Å². The third kappa shape index (κ3) is 5.91. The molecule has 1 fully saturated rings. The van der Waals surface area contributed by atoms with Gasteiger partial charge in [-0.3, -0.25) is 19.3 Å². The third-order valence-electron chi connectivity index (χ3n) is 6.80. The highest BCUT2D eigenvalue weighted by Crippen LogP contribution is 2.27. The van der Waals surface area contributed by atoms with E-state index in [2.05, 4.69) is 25.7 Å². The molecule has 200 valence electrons. The van der Waals surface area contributed by atoms with Crippen molar-refractivity contribution in [3.05, 3.63) is 47.0 Å². The number of aryl methyl sites for hydroxylation is 1. The number of amides is 3. The van der Waals surface area contributed by atoms with Crippen molar-refractivity contribution in [2.24, 2.45) is 0 Å². The first-order chi connectivity index (χ1) is 18.5. The van der Waals surface area contributed by atoms with Gasteiger partial charge < -0.3 is 20.3 Å². The lowest BCUT2D eigenvalue weighted by molar-refractivity contribution is 0.0660. The van der Waals surface area contributed by atoms with Crippen molar-refractivity contribution in [1.82, 2.24) is 30.0 Å². The summed E-state index contributed by atoms with van der Waals surface area (Å²) in [4.78, 5) is 49.7. The average molecular weight is 538 g/mol. The number of rotatable bonds is 1.